The van der Waals surface area contributed by atoms with Crippen LogP contribution in [0, 0.1) is 0 Å². The fourth-order valence-electron chi connectivity index (χ4n) is 1.92. The van der Waals surface area contributed by atoms with Crippen molar-refractivity contribution in [3.05, 3.63) is 0 Å². The zero-order valence-electron chi connectivity index (χ0n) is 10.7. The molecule has 0 aliphatic rings. The van der Waals surface area contributed by atoms with Crippen molar-refractivity contribution in [3.63, 3.8) is 0 Å². The molecule has 0 aliphatic carbocycles. The Kier molecular flexibility index (Phi) is 12.9. The molecule has 0 aromatic rings. The summed E-state index contributed by atoms with van der Waals surface area (Å²) in [6.07, 6.45) is 12.1. The summed E-state index contributed by atoms with van der Waals surface area (Å²) in [4.78, 5) is 0. The first-order valence-corrected chi connectivity index (χ1v) is 6.87. The van der Waals surface area contributed by atoms with E-state index in [4.69, 9.17) is 16.6 Å². The molecule has 0 aromatic heterocycles. The summed E-state index contributed by atoms with van der Waals surface area (Å²) in [5, 5.41) is 8.69. The predicted octanol–water partition coefficient (Wildman–Crippen LogP) is 2.17. The van der Waals surface area contributed by atoms with Crippen LogP contribution in [-0.2, 0) is 0 Å². The normalized spacial score (nSPS) is 12.9. The highest BCUT2D eigenvalue weighted by atomic mass is 16.3. The van der Waals surface area contributed by atoms with E-state index in [-0.39, 0.29) is 12.6 Å². The molecule has 5 N–H and O–H groups in total. The zero-order valence-corrected chi connectivity index (χ0v) is 10.7. The van der Waals surface area contributed by atoms with Gasteiger partial charge in [0.2, 0.25) is 0 Å². The fraction of sp³-hybridized carbons (Fsp3) is 1.00. The average molecular weight is 230 g/mol. The zero-order chi connectivity index (χ0) is 12.1. The molecular formula is C13H30N2O. The fourth-order valence-corrected chi connectivity index (χ4v) is 1.92. The molecule has 0 fully saturated rings. The Morgan fingerprint density at radius 3 is 1.75 bits per heavy atom. The smallest absolute Gasteiger partial charge is 0.0445 e. The Morgan fingerprint density at radius 1 is 0.750 bits per heavy atom. The second-order valence-electron chi connectivity index (χ2n) is 4.68. The summed E-state index contributed by atoms with van der Waals surface area (Å²) in [6.45, 7) is 1.06. The van der Waals surface area contributed by atoms with E-state index < -0.39 is 0 Å². The number of aliphatic hydroxyl groups is 1. The number of rotatable bonds is 12. The minimum Gasteiger partial charge on any atom is -0.396 e. The van der Waals surface area contributed by atoms with E-state index in [1.165, 1.54) is 51.4 Å². The van der Waals surface area contributed by atoms with E-state index >= 15 is 0 Å². The van der Waals surface area contributed by atoms with E-state index in [2.05, 4.69) is 0 Å². The Hall–Kier alpha value is -0.120. The van der Waals surface area contributed by atoms with Crippen molar-refractivity contribution in [1.82, 2.24) is 0 Å². The molecule has 0 heterocycles. The molecule has 3 nitrogen and oxygen atoms in total. The highest BCUT2D eigenvalue weighted by molar-refractivity contribution is 4.60. The standard InChI is InChI=1S/C13H30N2O/c14-11-8-6-4-2-1-3-5-7-9-13(15)10-12-16/h13,16H,1-12,14-15H2. The third-order valence-corrected chi connectivity index (χ3v) is 3.03. The molecule has 0 amide bonds. The maximum absolute atomic E-state index is 8.69. The topological polar surface area (TPSA) is 72.3 Å². The molecule has 0 saturated carbocycles. The molecule has 0 saturated heterocycles. The third kappa shape index (κ3) is 12.0. The van der Waals surface area contributed by atoms with Crippen molar-refractivity contribution in [2.24, 2.45) is 11.5 Å². The molecule has 0 radical (unpaired) electrons. The Balaban J connectivity index is 2.98. The predicted molar refractivity (Wildman–Crippen MR) is 70.3 cm³/mol. The summed E-state index contributed by atoms with van der Waals surface area (Å²) in [7, 11) is 0. The van der Waals surface area contributed by atoms with Crippen LogP contribution < -0.4 is 11.5 Å². The Labute approximate surface area is 101 Å². The van der Waals surface area contributed by atoms with Gasteiger partial charge < -0.3 is 16.6 Å². The molecule has 1 unspecified atom stereocenters. The summed E-state index contributed by atoms with van der Waals surface area (Å²) in [5.74, 6) is 0. The van der Waals surface area contributed by atoms with E-state index in [1.807, 2.05) is 0 Å². The SMILES string of the molecule is NCCCCCCCCCCC(N)CCO. The van der Waals surface area contributed by atoms with Gasteiger partial charge in [0.05, 0.1) is 0 Å². The number of aliphatic hydroxyl groups excluding tert-OH is 1. The lowest BCUT2D eigenvalue weighted by Crippen LogP contribution is -2.20. The highest BCUT2D eigenvalue weighted by Gasteiger charge is 2.00. The van der Waals surface area contributed by atoms with Crippen molar-refractivity contribution in [2.75, 3.05) is 13.2 Å². The van der Waals surface area contributed by atoms with Crippen LogP contribution in [0.5, 0.6) is 0 Å². The molecular weight excluding hydrogens is 200 g/mol. The number of hydrogen-bond acceptors (Lipinski definition) is 3. The molecule has 16 heavy (non-hydrogen) atoms. The van der Waals surface area contributed by atoms with Crippen LogP contribution >= 0.6 is 0 Å². The van der Waals surface area contributed by atoms with Gasteiger partial charge in [-0.05, 0) is 25.8 Å². The molecule has 0 aromatic carbocycles. The summed E-state index contributed by atoms with van der Waals surface area (Å²) >= 11 is 0. The van der Waals surface area contributed by atoms with Crippen LogP contribution in [0.4, 0.5) is 0 Å². The van der Waals surface area contributed by atoms with E-state index in [0.717, 1.165) is 19.4 Å². The molecule has 1 atom stereocenters. The maximum atomic E-state index is 8.69. The first-order valence-electron chi connectivity index (χ1n) is 6.87. The lowest BCUT2D eigenvalue weighted by atomic mass is 10.0. The van der Waals surface area contributed by atoms with Gasteiger partial charge in [-0.2, -0.15) is 0 Å². The molecule has 3 heteroatoms. The summed E-state index contributed by atoms with van der Waals surface area (Å²) in [6, 6.07) is 0.203. The lowest BCUT2D eigenvalue weighted by Gasteiger charge is -2.08. The highest BCUT2D eigenvalue weighted by Crippen LogP contribution is 2.10. The monoisotopic (exact) mass is 230 g/mol. The molecule has 0 aliphatic heterocycles. The van der Waals surface area contributed by atoms with Gasteiger partial charge in [-0.15, -0.1) is 0 Å². The minimum absolute atomic E-state index is 0.203. The van der Waals surface area contributed by atoms with E-state index in [0.29, 0.717) is 0 Å². The van der Waals surface area contributed by atoms with Gasteiger partial charge in [0, 0.05) is 12.6 Å². The van der Waals surface area contributed by atoms with Crippen LogP contribution in [0.25, 0.3) is 0 Å². The van der Waals surface area contributed by atoms with Crippen LogP contribution in [-0.4, -0.2) is 24.3 Å². The first-order chi connectivity index (χ1) is 7.81. The third-order valence-electron chi connectivity index (χ3n) is 3.03. The van der Waals surface area contributed by atoms with Gasteiger partial charge in [0.25, 0.3) is 0 Å². The molecule has 0 spiro atoms. The number of nitrogens with two attached hydrogens (primary N) is 2. The van der Waals surface area contributed by atoms with E-state index in [9.17, 15) is 0 Å². The molecule has 0 bridgehead atoms. The van der Waals surface area contributed by atoms with Gasteiger partial charge in [-0.1, -0.05) is 44.9 Å². The molecule has 98 valence electrons. The number of unbranched alkanes of at least 4 members (excludes halogenated alkanes) is 7. The van der Waals surface area contributed by atoms with Gasteiger partial charge in [-0.25, -0.2) is 0 Å². The largest absolute Gasteiger partial charge is 0.396 e. The van der Waals surface area contributed by atoms with Crippen molar-refractivity contribution >= 4 is 0 Å². The van der Waals surface area contributed by atoms with Crippen LogP contribution in [0.15, 0.2) is 0 Å². The average Bonchev–Trinajstić information content (AvgIpc) is 2.27. The summed E-state index contributed by atoms with van der Waals surface area (Å²) < 4.78 is 0. The van der Waals surface area contributed by atoms with Gasteiger partial charge in [0.1, 0.15) is 0 Å². The maximum Gasteiger partial charge on any atom is 0.0445 e. The molecule has 0 rings (SSSR count). The summed E-state index contributed by atoms with van der Waals surface area (Å²) in [5.41, 5.74) is 11.2. The van der Waals surface area contributed by atoms with E-state index in [1.54, 1.807) is 0 Å². The van der Waals surface area contributed by atoms with Crippen LogP contribution in [0.2, 0.25) is 0 Å². The van der Waals surface area contributed by atoms with Gasteiger partial charge in [-0.3, -0.25) is 0 Å². The van der Waals surface area contributed by atoms with Crippen molar-refractivity contribution in [1.29, 1.82) is 0 Å². The second kappa shape index (κ2) is 12.9. The second-order valence-corrected chi connectivity index (χ2v) is 4.68. The quantitative estimate of drug-likeness (QED) is 0.450. The van der Waals surface area contributed by atoms with Gasteiger partial charge >= 0.3 is 0 Å². The Bertz CT molecular complexity index is 131. The Morgan fingerprint density at radius 2 is 1.25 bits per heavy atom. The van der Waals surface area contributed by atoms with Crippen LogP contribution in [0.1, 0.15) is 64.2 Å². The van der Waals surface area contributed by atoms with Crippen molar-refractivity contribution < 1.29 is 5.11 Å². The van der Waals surface area contributed by atoms with Gasteiger partial charge in [0.15, 0.2) is 0 Å². The lowest BCUT2D eigenvalue weighted by molar-refractivity contribution is 0.271. The van der Waals surface area contributed by atoms with Crippen molar-refractivity contribution in [2.45, 2.75) is 70.3 Å². The number of hydrogen-bond donors (Lipinski definition) is 3. The minimum atomic E-state index is 0.203. The van der Waals surface area contributed by atoms with Crippen molar-refractivity contribution in [3.8, 4) is 0 Å². The first kappa shape index (κ1) is 15.9. The van der Waals surface area contributed by atoms with Crippen LogP contribution in [0.3, 0.4) is 0 Å².